The molecule has 184 valence electrons. The van der Waals surface area contributed by atoms with Gasteiger partial charge in [0.25, 0.3) is 11.6 Å². The van der Waals surface area contributed by atoms with Crippen LogP contribution in [0.25, 0.3) is 10.1 Å². The maximum Gasteiger partial charge on any atom is 0.281 e. The summed E-state index contributed by atoms with van der Waals surface area (Å²) in [6.45, 7) is 2.49. The van der Waals surface area contributed by atoms with Gasteiger partial charge in [0.05, 0.1) is 22.6 Å². The van der Waals surface area contributed by atoms with Crippen LogP contribution in [0.15, 0.2) is 70.2 Å². The molecule has 1 heterocycles. The lowest BCUT2D eigenvalue weighted by Gasteiger charge is -2.14. The van der Waals surface area contributed by atoms with Gasteiger partial charge in [-0.15, -0.1) is 11.3 Å². The quantitative estimate of drug-likeness (QED) is 0.141. The fourth-order valence-corrected chi connectivity index (χ4v) is 4.60. The molecule has 0 radical (unpaired) electrons. The van der Waals surface area contributed by atoms with E-state index in [9.17, 15) is 19.3 Å². The molecule has 0 aliphatic heterocycles. The monoisotopic (exact) mass is 571 g/mol. The van der Waals surface area contributed by atoms with Crippen molar-refractivity contribution < 1.29 is 23.6 Å². The van der Waals surface area contributed by atoms with Crippen molar-refractivity contribution in [2.75, 3.05) is 6.61 Å². The number of amides is 1. The van der Waals surface area contributed by atoms with Crippen molar-refractivity contribution in [3.05, 3.63) is 97.1 Å². The third-order valence-electron chi connectivity index (χ3n) is 4.97. The fourth-order valence-electron chi connectivity index (χ4n) is 3.24. The van der Waals surface area contributed by atoms with E-state index in [-0.39, 0.29) is 18.1 Å². The lowest BCUT2D eigenvalue weighted by Crippen LogP contribution is -2.16. The van der Waals surface area contributed by atoms with Crippen LogP contribution in [0.3, 0.4) is 0 Å². The first-order chi connectivity index (χ1) is 17.3. The Bertz CT molecular complexity index is 1460. The van der Waals surface area contributed by atoms with Crippen LogP contribution < -0.4 is 14.9 Å². The van der Waals surface area contributed by atoms with Crippen LogP contribution in [0, 0.1) is 15.9 Å². The van der Waals surface area contributed by atoms with E-state index in [2.05, 4.69) is 26.5 Å². The molecular formula is C25H19BrFN3O5S. The van der Waals surface area contributed by atoms with Crippen LogP contribution >= 0.6 is 27.3 Å². The van der Waals surface area contributed by atoms with Crippen LogP contribution in [0.2, 0.25) is 0 Å². The molecule has 4 aromatic rings. The fraction of sp³-hybridized carbons (Fsp3) is 0.120. The first-order valence-electron chi connectivity index (χ1n) is 10.7. The van der Waals surface area contributed by atoms with Crippen LogP contribution in [0.1, 0.15) is 27.7 Å². The second-order valence-corrected chi connectivity index (χ2v) is 9.40. The number of thiophene rings is 1. The molecule has 0 bridgehead atoms. The van der Waals surface area contributed by atoms with E-state index in [1.165, 1.54) is 41.8 Å². The lowest BCUT2D eigenvalue weighted by atomic mass is 10.2. The number of halogens is 2. The molecule has 0 unspecified atom stereocenters. The van der Waals surface area contributed by atoms with E-state index in [1.807, 2.05) is 6.92 Å². The average molecular weight is 572 g/mol. The van der Waals surface area contributed by atoms with E-state index >= 15 is 0 Å². The SMILES string of the molecule is CCOc1cc(/C=N\NC(=O)c2cc3cc([N+](=O)[O-])ccc3s2)c(Br)cc1OCc1ccc(F)cc1. The van der Waals surface area contributed by atoms with Crippen molar-refractivity contribution in [2.45, 2.75) is 13.5 Å². The predicted octanol–water partition coefficient (Wildman–Crippen LogP) is 6.45. The minimum Gasteiger partial charge on any atom is -0.490 e. The van der Waals surface area contributed by atoms with Gasteiger partial charge in [-0.25, -0.2) is 9.82 Å². The Morgan fingerprint density at radius 2 is 1.89 bits per heavy atom. The number of carbonyl (C=O) groups is 1. The number of ether oxygens (including phenoxy) is 2. The third kappa shape index (κ3) is 6.04. The summed E-state index contributed by atoms with van der Waals surface area (Å²) in [7, 11) is 0. The zero-order valence-electron chi connectivity index (χ0n) is 18.9. The molecule has 0 aliphatic carbocycles. The summed E-state index contributed by atoms with van der Waals surface area (Å²) in [5.74, 6) is 0.231. The van der Waals surface area contributed by atoms with Crippen molar-refractivity contribution in [3.63, 3.8) is 0 Å². The van der Waals surface area contributed by atoms with Gasteiger partial charge in [-0.05, 0) is 64.8 Å². The van der Waals surface area contributed by atoms with Gasteiger partial charge >= 0.3 is 0 Å². The van der Waals surface area contributed by atoms with E-state index in [0.717, 1.165) is 10.3 Å². The highest BCUT2D eigenvalue weighted by atomic mass is 79.9. The number of fused-ring (bicyclic) bond motifs is 1. The molecule has 3 aromatic carbocycles. The maximum atomic E-state index is 13.1. The number of hydrazone groups is 1. The van der Waals surface area contributed by atoms with Gasteiger partial charge in [0.15, 0.2) is 11.5 Å². The van der Waals surface area contributed by atoms with Crippen molar-refractivity contribution in [3.8, 4) is 11.5 Å². The number of benzene rings is 3. The number of non-ortho nitro benzene ring substituents is 1. The molecule has 1 aromatic heterocycles. The molecule has 36 heavy (non-hydrogen) atoms. The molecule has 8 nitrogen and oxygen atoms in total. The Balaban J connectivity index is 1.46. The molecule has 11 heteroatoms. The maximum absolute atomic E-state index is 13.1. The molecule has 0 saturated heterocycles. The Morgan fingerprint density at radius 3 is 2.61 bits per heavy atom. The highest BCUT2D eigenvalue weighted by molar-refractivity contribution is 9.10. The Hall–Kier alpha value is -3.83. The van der Waals surface area contributed by atoms with Crippen molar-refractivity contribution in [1.29, 1.82) is 0 Å². The zero-order valence-corrected chi connectivity index (χ0v) is 21.3. The van der Waals surface area contributed by atoms with E-state index in [4.69, 9.17) is 9.47 Å². The van der Waals surface area contributed by atoms with Gasteiger partial charge in [-0.1, -0.05) is 12.1 Å². The second-order valence-electron chi connectivity index (χ2n) is 7.46. The van der Waals surface area contributed by atoms with E-state index < -0.39 is 10.8 Å². The first kappa shape index (κ1) is 25.3. The van der Waals surface area contributed by atoms with Crippen LogP contribution in [-0.2, 0) is 6.61 Å². The van der Waals surface area contributed by atoms with Gasteiger partial charge in [0.1, 0.15) is 12.4 Å². The number of hydrogen-bond donors (Lipinski definition) is 1. The molecular weight excluding hydrogens is 553 g/mol. The van der Waals surface area contributed by atoms with E-state index in [0.29, 0.717) is 38.4 Å². The minimum atomic E-state index is -0.478. The van der Waals surface area contributed by atoms with Gasteiger partial charge in [-0.3, -0.25) is 14.9 Å². The number of nitrogens with zero attached hydrogens (tertiary/aromatic N) is 2. The summed E-state index contributed by atoms with van der Waals surface area (Å²) >= 11 is 4.70. The Morgan fingerprint density at radius 1 is 1.14 bits per heavy atom. The first-order valence-corrected chi connectivity index (χ1v) is 12.3. The standard InChI is InChI=1S/C25H19BrFN3O5S/c1-2-34-21-10-17(20(26)12-22(21)35-14-15-3-5-18(27)6-4-15)13-28-29-25(31)24-11-16-9-19(30(32)33)7-8-23(16)36-24/h3-13H,2,14H2,1H3,(H,29,31)/b28-13-. The lowest BCUT2D eigenvalue weighted by molar-refractivity contribution is -0.384. The molecule has 1 N–H and O–H groups in total. The summed E-state index contributed by atoms with van der Waals surface area (Å²) in [5.41, 5.74) is 3.88. The highest BCUT2D eigenvalue weighted by Gasteiger charge is 2.14. The molecule has 0 aliphatic rings. The number of carbonyl (C=O) groups excluding carboxylic acids is 1. The van der Waals surface area contributed by atoms with E-state index in [1.54, 1.807) is 36.4 Å². The molecule has 0 fully saturated rings. The summed E-state index contributed by atoms with van der Waals surface area (Å²) in [5, 5.41) is 15.6. The van der Waals surface area contributed by atoms with Crippen molar-refractivity contribution in [1.82, 2.24) is 5.43 Å². The number of nitro groups is 1. The number of rotatable bonds is 9. The van der Waals surface area contributed by atoms with Crippen molar-refractivity contribution in [2.24, 2.45) is 5.10 Å². The van der Waals surface area contributed by atoms with Gasteiger partial charge in [0.2, 0.25) is 0 Å². The van der Waals surface area contributed by atoms with Gasteiger partial charge in [0, 0.05) is 32.3 Å². The van der Waals surface area contributed by atoms with Gasteiger partial charge in [-0.2, -0.15) is 5.10 Å². The Kier molecular flexibility index (Phi) is 7.91. The topological polar surface area (TPSA) is 103 Å². The summed E-state index contributed by atoms with van der Waals surface area (Å²) in [6.07, 6.45) is 1.46. The Labute approximate surface area is 217 Å². The summed E-state index contributed by atoms with van der Waals surface area (Å²) in [4.78, 5) is 23.4. The summed E-state index contributed by atoms with van der Waals surface area (Å²) in [6, 6.07) is 15.5. The van der Waals surface area contributed by atoms with Crippen LogP contribution in [-0.4, -0.2) is 23.7 Å². The number of nitro benzene ring substituents is 1. The van der Waals surface area contributed by atoms with Gasteiger partial charge < -0.3 is 9.47 Å². The number of nitrogens with one attached hydrogen (secondary N) is 1. The normalized spacial score (nSPS) is 11.1. The third-order valence-corrected chi connectivity index (χ3v) is 6.78. The number of hydrogen-bond acceptors (Lipinski definition) is 7. The second kappa shape index (κ2) is 11.3. The largest absolute Gasteiger partial charge is 0.490 e. The molecule has 0 atom stereocenters. The smallest absolute Gasteiger partial charge is 0.281 e. The average Bonchev–Trinajstić information content (AvgIpc) is 3.29. The highest BCUT2D eigenvalue weighted by Crippen LogP contribution is 2.34. The predicted molar refractivity (Wildman–Crippen MR) is 140 cm³/mol. The van der Waals surface area contributed by atoms with Crippen LogP contribution in [0.5, 0.6) is 11.5 Å². The van der Waals surface area contributed by atoms with Crippen molar-refractivity contribution >= 4 is 55.2 Å². The molecule has 1 amide bonds. The minimum absolute atomic E-state index is 0.0367. The summed E-state index contributed by atoms with van der Waals surface area (Å²) < 4.78 is 26.1. The van der Waals surface area contributed by atoms with Crippen LogP contribution in [0.4, 0.5) is 10.1 Å². The molecule has 0 saturated carbocycles. The molecule has 4 rings (SSSR count). The zero-order chi connectivity index (χ0) is 25.7. The molecule has 0 spiro atoms.